The van der Waals surface area contributed by atoms with Gasteiger partial charge < -0.3 is 15.4 Å². The van der Waals surface area contributed by atoms with Gasteiger partial charge in [-0.25, -0.2) is 0 Å². The molecule has 0 bridgehead atoms. The van der Waals surface area contributed by atoms with Crippen molar-refractivity contribution in [2.24, 2.45) is 11.8 Å². The van der Waals surface area contributed by atoms with Crippen molar-refractivity contribution in [2.75, 3.05) is 20.2 Å². The molecule has 1 atom stereocenters. The number of carbonyl (C=O) groups excluding carboxylic acids is 1. The number of hydrogen-bond donors (Lipinski definition) is 2. The molecule has 0 saturated heterocycles. The van der Waals surface area contributed by atoms with Crippen LogP contribution in [-0.4, -0.2) is 26.1 Å². The summed E-state index contributed by atoms with van der Waals surface area (Å²) in [5.74, 6) is 1.50. The molecule has 0 saturated carbocycles. The van der Waals surface area contributed by atoms with E-state index in [1.54, 1.807) is 0 Å². The third-order valence-electron chi connectivity index (χ3n) is 3.34. The third kappa shape index (κ3) is 7.66. The van der Waals surface area contributed by atoms with E-state index in [1.165, 1.54) is 0 Å². The van der Waals surface area contributed by atoms with Gasteiger partial charge in [0.2, 0.25) is 5.91 Å². The first-order chi connectivity index (χ1) is 10.0. The number of hydrogen-bond acceptors (Lipinski definition) is 3. The predicted molar refractivity (Wildman–Crippen MR) is 93.6 cm³/mol. The lowest BCUT2D eigenvalue weighted by Crippen LogP contribution is -2.34. The lowest BCUT2D eigenvalue weighted by atomic mass is 10.1. The molecular weight excluding hydrogens is 300 g/mol. The number of rotatable bonds is 9. The van der Waals surface area contributed by atoms with Gasteiger partial charge in [-0.05, 0) is 25.5 Å². The standard InChI is InChI=1S/C17H28N2O2.ClH/c1-13(2)9-10-21-16-8-6-5-7-15(16)12-19-17(20)14(3)11-18-4;/h5-8,13-14,18H,9-12H2,1-4H3,(H,19,20);1H. The average molecular weight is 329 g/mol. The molecule has 0 spiro atoms. The molecule has 2 N–H and O–H groups in total. The van der Waals surface area contributed by atoms with Crippen molar-refractivity contribution >= 4 is 18.3 Å². The Hall–Kier alpha value is -1.26. The first-order valence-electron chi connectivity index (χ1n) is 7.67. The molecule has 0 radical (unpaired) electrons. The lowest BCUT2D eigenvalue weighted by molar-refractivity contribution is -0.124. The molecule has 0 aliphatic rings. The minimum Gasteiger partial charge on any atom is -0.493 e. The van der Waals surface area contributed by atoms with Gasteiger partial charge >= 0.3 is 0 Å². The van der Waals surface area contributed by atoms with Crippen LogP contribution in [0, 0.1) is 11.8 Å². The smallest absolute Gasteiger partial charge is 0.224 e. The van der Waals surface area contributed by atoms with Crippen LogP contribution in [0.2, 0.25) is 0 Å². The third-order valence-corrected chi connectivity index (χ3v) is 3.34. The van der Waals surface area contributed by atoms with Crippen LogP contribution in [0.3, 0.4) is 0 Å². The Morgan fingerprint density at radius 2 is 1.91 bits per heavy atom. The van der Waals surface area contributed by atoms with Crippen LogP contribution in [0.4, 0.5) is 0 Å². The summed E-state index contributed by atoms with van der Waals surface area (Å²) in [7, 11) is 1.85. The van der Waals surface area contributed by atoms with Crippen LogP contribution in [0.15, 0.2) is 24.3 Å². The largest absolute Gasteiger partial charge is 0.493 e. The second kappa shape index (κ2) is 11.3. The van der Waals surface area contributed by atoms with Gasteiger partial charge in [-0.15, -0.1) is 12.4 Å². The molecule has 1 aromatic rings. The molecule has 0 heterocycles. The predicted octanol–water partition coefficient (Wildman–Crippen LogP) is 3.01. The van der Waals surface area contributed by atoms with Crippen molar-refractivity contribution in [1.82, 2.24) is 10.6 Å². The minimum absolute atomic E-state index is 0. The summed E-state index contributed by atoms with van der Waals surface area (Å²) in [6, 6.07) is 7.88. The molecule has 0 aliphatic carbocycles. The Morgan fingerprint density at radius 1 is 1.23 bits per heavy atom. The van der Waals surface area contributed by atoms with Gasteiger partial charge in [0, 0.05) is 24.6 Å². The highest BCUT2D eigenvalue weighted by Crippen LogP contribution is 2.18. The zero-order valence-electron chi connectivity index (χ0n) is 14.0. The molecule has 5 heteroatoms. The van der Waals surface area contributed by atoms with E-state index in [9.17, 15) is 4.79 Å². The Balaban J connectivity index is 0.00000441. The van der Waals surface area contributed by atoms with Gasteiger partial charge in [-0.3, -0.25) is 4.79 Å². The Labute approximate surface area is 140 Å². The molecule has 126 valence electrons. The van der Waals surface area contributed by atoms with Gasteiger partial charge in [0.15, 0.2) is 0 Å². The molecule has 0 fully saturated rings. The quantitative estimate of drug-likeness (QED) is 0.732. The number of benzene rings is 1. The molecule has 1 aromatic carbocycles. The SMILES string of the molecule is CNCC(C)C(=O)NCc1ccccc1OCCC(C)C.Cl. The maximum Gasteiger partial charge on any atom is 0.224 e. The van der Waals surface area contributed by atoms with Crippen molar-refractivity contribution in [3.63, 3.8) is 0 Å². The van der Waals surface area contributed by atoms with Crippen LogP contribution < -0.4 is 15.4 Å². The van der Waals surface area contributed by atoms with E-state index >= 15 is 0 Å². The minimum atomic E-state index is -0.0379. The fourth-order valence-corrected chi connectivity index (χ4v) is 1.95. The summed E-state index contributed by atoms with van der Waals surface area (Å²) in [5, 5.41) is 5.98. The van der Waals surface area contributed by atoms with Crippen LogP contribution >= 0.6 is 12.4 Å². The Bertz CT molecular complexity index is 438. The number of amides is 1. The summed E-state index contributed by atoms with van der Waals surface area (Å²) in [4.78, 5) is 11.9. The molecule has 1 amide bonds. The fraction of sp³-hybridized carbons (Fsp3) is 0.588. The van der Waals surface area contributed by atoms with Gasteiger partial charge in [-0.1, -0.05) is 39.0 Å². The Morgan fingerprint density at radius 3 is 2.55 bits per heavy atom. The monoisotopic (exact) mass is 328 g/mol. The maximum absolute atomic E-state index is 11.9. The Kier molecular flexibility index (Phi) is 10.7. The van der Waals surface area contributed by atoms with Crippen molar-refractivity contribution < 1.29 is 9.53 Å². The molecule has 0 aliphatic heterocycles. The van der Waals surface area contributed by atoms with Gasteiger partial charge in [-0.2, -0.15) is 0 Å². The van der Waals surface area contributed by atoms with Crippen molar-refractivity contribution in [2.45, 2.75) is 33.7 Å². The molecule has 0 aromatic heterocycles. The topological polar surface area (TPSA) is 50.4 Å². The normalized spacial score (nSPS) is 11.7. The van der Waals surface area contributed by atoms with E-state index in [1.807, 2.05) is 38.2 Å². The average Bonchev–Trinajstić information content (AvgIpc) is 2.45. The lowest BCUT2D eigenvalue weighted by Gasteiger charge is -2.15. The molecule has 22 heavy (non-hydrogen) atoms. The molecule has 1 unspecified atom stereocenters. The maximum atomic E-state index is 11.9. The van der Waals surface area contributed by atoms with E-state index in [0.717, 1.165) is 17.7 Å². The van der Waals surface area contributed by atoms with E-state index in [2.05, 4.69) is 24.5 Å². The highest BCUT2D eigenvalue weighted by atomic mass is 35.5. The van der Waals surface area contributed by atoms with E-state index in [4.69, 9.17) is 4.74 Å². The number of nitrogens with one attached hydrogen (secondary N) is 2. The number of carbonyl (C=O) groups is 1. The van der Waals surface area contributed by atoms with Gasteiger partial charge in [0.1, 0.15) is 5.75 Å². The number of ether oxygens (including phenoxy) is 1. The van der Waals surface area contributed by atoms with E-state index in [-0.39, 0.29) is 24.2 Å². The molecule has 4 nitrogen and oxygen atoms in total. The second-order valence-electron chi connectivity index (χ2n) is 5.82. The first kappa shape index (κ1) is 20.7. The van der Waals surface area contributed by atoms with Crippen LogP contribution in [-0.2, 0) is 11.3 Å². The summed E-state index contributed by atoms with van der Waals surface area (Å²) in [6.45, 7) is 8.16. The van der Waals surface area contributed by atoms with Crippen LogP contribution in [0.25, 0.3) is 0 Å². The zero-order valence-corrected chi connectivity index (χ0v) is 14.8. The van der Waals surface area contributed by atoms with E-state index in [0.29, 0.717) is 25.6 Å². The summed E-state index contributed by atoms with van der Waals surface area (Å²) < 4.78 is 5.82. The van der Waals surface area contributed by atoms with Crippen LogP contribution in [0.1, 0.15) is 32.8 Å². The fourth-order valence-electron chi connectivity index (χ4n) is 1.95. The van der Waals surface area contributed by atoms with Gasteiger partial charge in [0.25, 0.3) is 0 Å². The highest BCUT2D eigenvalue weighted by Gasteiger charge is 2.12. The summed E-state index contributed by atoms with van der Waals surface area (Å²) in [5.41, 5.74) is 1.02. The van der Waals surface area contributed by atoms with Crippen molar-refractivity contribution in [3.8, 4) is 5.75 Å². The molecular formula is C17H29ClN2O2. The first-order valence-corrected chi connectivity index (χ1v) is 7.67. The highest BCUT2D eigenvalue weighted by molar-refractivity contribution is 5.85. The van der Waals surface area contributed by atoms with Crippen molar-refractivity contribution in [1.29, 1.82) is 0 Å². The summed E-state index contributed by atoms with van der Waals surface area (Å²) >= 11 is 0. The summed E-state index contributed by atoms with van der Waals surface area (Å²) in [6.07, 6.45) is 1.03. The number of halogens is 1. The van der Waals surface area contributed by atoms with Gasteiger partial charge in [0.05, 0.1) is 6.61 Å². The second-order valence-corrected chi connectivity index (χ2v) is 5.82. The zero-order chi connectivity index (χ0) is 15.7. The van der Waals surface area contributed by atoms with Crippen LogP contribution in [0.5, 0.6) is 5.75 Å². The molecule has 1 rings (SSSR count). The van der Waals surface area contributed by atoms with Crippen molar-refractivity contribution in [3.05, 3.63) is 29.8 Å². The van der Waals surface area contributed by atoms with E-state index < -0.39 is 0 Å². The number of para-hydroxylation sites is 1.